The maximum Gasteiger partial charge on any atom is 0.226 e. The lowest BCUT2D eigenvalue weighted by Crippen LogP contribution is -2.26. The molecule has 3 aromatic rings. The molecule has 0 saturated heterocycles. The molecule has 0 bridgehead atoms. The molecule has 0 aliphatic carbocycles. The number of oxazole rings is 1. The first-order valence-electron chi connectivity index (χ1n) is 8.41. The van der Waals surface area contributed by atoms with Crippen molar-refractivity contribution in [3.8, 4) is 11.5 Å². The Morgan fingerprint density at radius 1 is 1.20 bits per heavy atom. The number of fused-ring (bicyclic) bond motifs is 1. The molecule has 25 heavy (non-hydrogen) atoms. The van der Waals surface area contributed by atoms with Gasteiger partial charge in [-0.1, -0.05) is 30.3 Å². The molecule has 2 aromatic carbocycles. The Morgan fingerprint density at radius 3 is 2.72 bits per heavy atom. The second-order valence-electron chi connectivity index (χ2n) is 6.24. The van der Waals surface area contributed by atoms with E-state index < -0.39 is 0 Å². The number of carbonyl (C=O) groups is 1. The number of nitrogens with one attached hydrogen (secondary N) is 1. The Labute approximate surface area is 147 Å². The molecular formula is C20H23N3O2. The number of hydrogen-bond acceptors (Lipinski definition) is 4. The molecule has 0 aliphatic heterocycles. The first kappa shape index (κ1) is 17.2. The van der Waals surface area contributed by atoms with Crippen molar-refractivity contribution in [1.29, 1.82) is 0 Å². The number of hydrogen-bond donors (Lipinski definition) is 1. The lowest BCUT2D eigenvalue weighted by molar-refractivity contribution is -0.120. The average molecular weight is 337 g/mol. The number of amides is 1. The molecule has 5 nitrogen and oxygen atoms in total. The van der Waals surface area contributed by atoms with Crippen molar-refractivity contribution in [3.05, 3.63) is 53.9 Å². The Morgan fingerprint density at radius 2 is 1.96 bits per heavy atom. The summed E-state index contributed by atoms with van der Waals surface area (Å²) in [6, 6.07) is 14.4. The highest BCUT2D eigenvalue weighted by Crippen LogP contribution is 2.26. The predicted octanol–water partition coefficient (Wildman–Crippen LogP) is 3.37. The summed E-state index contributed by atoms with van der Waals surface area (Å²) in [7, 11) is 3.63. The molecule has 3 rings (SSSR count). The van der Waals surface area contributed by atoms with Gasteiger partial charge in [-0.15, -0.1) is 0 Å². The summed E-state index contributed by atoms with van der Waals surface area (Å²) in [5, 5.41) is 5.00. The number of aromatic nitrogens is 1. The Hall–Kier alpha value is -2.66. The van der Waals surface area contributed by atoms with Gasteiger partial charge >= 0.3 is 0 Å². The van der Waals surface area contributed by atoms with Crippen molar-refractivity contribution >= 4 is 16.7 Å². The Balaban J connectivity index is 1.75. The lowest BCUT2D eigenvalue weighted by atomic mass is 10.1. The van der Waals surface area contributed by atoms with Crippen molar-refractivity contribution in [1.82, 2.24) is 15.2 Å². The van der Waals surface area contributed by atoms with Gasteiger partial charge in [-0.3, -0.25) is 9.69 Å². The van der Waals surface area contributed by atoms with Gasteiger partial charge in [-0.05, 0) is 36.9 Å². The van der Waals surface area contributed by atoms with Crippen LogP contribution in [-0.4, -0.2) is 36.4 Å². The third-order valence-electron chi connectivity index (χ3n) is 4.31. The Kier molecular flexibility index (Phi) is 5.14. The fourth-order valence-electron chi connectivity index (χ4n) is 2.77. The summed E-state index contributed by atoms with van der Waals surface area (Å²) in [6.45, 7) is 3.26. The van der Waals surface area contributed by atoms with Crippen LogP contribution in [0.15, 0.2) is 46.9 Å². The number of aryl methyl sites for hydroxylation is 1. The van der Waals surface area contributed by atoms with Crippen LogP contribution in [-0.2, 0) is 11.3 Å². The molecule has 130 valence electrons. The summed E-state index contributed by atoms with van der Waals surface area (Å²) in [4.78, 5) is 18.1. The van der Waals surface area contributed by atoms with E-state index in [1.165, 1.54) is 10.8 Å². The van der Waals surface area contributed by atoms with E-state index in [0.29, 0.717) is 25.4 Å². The number of carbonyl (C=O) groups excluding carboxylic acids is 1. The van der Waals surface area contributed by atoms with Crippen LogP contribution in [0.4, 0.5) is 0 Å². The summed E-state index contributed by atoms with van der Waals surface area (Å²) in [6.07, 6.45) is 0.474. The molecule has 1 aromatic heterocycles. The van der Waals surface area contributed by atoms with Gasteiger partial charge in [0, 0.05) is 32.1 Å². The first-order chi connectivity index (χ1) is 12.1. The average Bonchev–Trinajstić information content (AvgIpc) is 2.99. The number of benzene rings is 2. The molecule has 1 amide bonds. The van der Waals surface area contributed by atoms with Crippen LogP contribution in [0, 0.1) is 6.92 Å². The molecule has 0 aliphatic rings. The molecule has 1 N–H and O–H groups in total. The van der Waals surface area contributed by atoms with Crippen LogP contribution in [0.3, 0.4) is 0 Å². The molecule has 0 atom stereocenters. The molecule has 0 fully saturated rings. The zero-order valence-electron chi connectivity index (χ0n) is 14.9. The third-order valence-corrected chi connectivity index (χ3v) is 4.31. The third kappa shape index (κ3) is 4.06. The van der Waals surface area contributed by atoms with Gasteiger partial charge in [-0.25, -0.2) is 4.98 Å². The summed E-state index contributed by atoms with van der Waals surface area (Å²) in [5.41, 5.74) is 1.88. The van der Waals surface area contributed by atoms with Crippen molar-refractivity contribution in [2.24, 2.45) is 0 Å². The lowest BCUT2D eigenvalue weighted by Gasteiger charge is -2.14. The van der Waals surface area contributed by atoms with E-state index in [4.69, 9.17) is 4.42 Å². The monoisotopic (exact) mass is 337 g/mol. The second kappa shape index (κ2) is 7.49. The molecule has 1 heterocycles. The van der Waals surface area contributed by atoms with Crippen LogP contribution in [0.2, 0.25) is 0 Å². The Bertz CT molecular complexity index is 886. The van der Waals surface area contributed by atoms with Crippen molar-refractivity contribution < 1.29 is 9.21 Å². The minimum atomic E-state index is 0.0422. The van der Waals surface area contributed by atoms with Gasteiger partial charge in [0.1, 0.15) is 5.76 Å². The van der Waals surface area contributed by atoms with Crippen LogP contribution in [0.25, 0.3) is 22.2 Å². The highest BCUT2D eigenvalue weighted by molar-refractivity contribution is 5.86. The molecule has 0 saturated carbocycles. The van der Waals surface area contributed by atoms with Crippen molar-refractivity contribution in [2.45, 2.75) is 19.9 Å². The molecule has 0 spiro atoms. The minimum absolute atomic E-state index is 0.0422. The summed E-state index contributed by atoms with van der Waals surface area (Å²) >= 11 is 0. The van der Waals surface area contributed by atoms with Crippen LogP contribution >= 0.6 is 0 Å². The normalized spacial score (nSPS) is 11.2. The molecular weight excluding hydrogens is 314 g/mol. The van der Waals surface area contributed by atoms with E-state index in [1.807, 2.05) is 32.2 Å². The van der Waals surface area contributed by atoms with Gasteiger partial charge in [0.15, 0.2) is 0 Å². The fourth-order valence-corrected chi connectivity index (χ4v) is 2.77. The minimum Gasteiger partial charge on any atom is -0.441 e. The first-order valence-corrected chi connectivity index (χ1v) is 8.41. The van der Waals surface area contributed by atoms with Crippen molar-refractivity contribution in [3.63, 3.8) is 0 Å². The fraction of sp³-hybridized carbons (Fsp3) is 0.300. The summed E-state index contributed by atoms with van der Waals surface area (Å²) < 4.78 is 5.88. The largest absolute Gasteiger partial charge is 0.441 e. The number of rotatable bonds is 6. The molecule has 5 heteroatoms. The zero-order valence-corrected chi connectivity index (χ0v) is 14.9. The molecule has 0 unspecified atom stereocenters. The van der Waals surface area contributed by atoms with E-state index in [1.54, 1.807) is 7.05 Å². The maximum atomic E-state index is 11.4. The SMILES string of the molecule is CNC(=O)CCN(C)Cc1nc(-c2ccc3ccccc3c2)oc1C. The van der Waals surface area contributed by atoms with E-state index in [0.717, 1.165) is 17.0 Å². The standard InChI is InChI=1S/C20H23N3O2/c1-14-18(13-23(3)11-10-19(24)21-2)22-20(25-14)17-9-8-15-6-4-5-7-16(15)12-17/h4-9,12H,10-11,13H2,1-3H3,(H,21,24). The topological polar surface area (TPSA) is 58.4 Å². The quantitative estimate of drug-likeness (QED) is 0.749. The molecule has 0 radical (unpaired) electrons. The highest BCUT2D eigenvalue weighted by atomic mass is 16.4. The smallest absolute Gasteiger partial charge is 0.226 e. The maximum absolute atomic E-state index is 11.4. The van der Waals surface area contributed by atoms with Crippen LogP contribution in [0.5, 0.6) is 0 Å². The second-order valence-corrected chi connectivity index (χ2v) is 6.24. The van der Waals surface area contributed by atoms with Gasteiger partial charge < -0.3 is 9.73 Å². The van der Waals surface area contributed by atoms with Gasteiger partial charge in [-0.2, -0.15) is 0 Å². The van der Waals surface area contributed by atoms with E-state index in [-0.39, 0.29) is 5.91 Å². The van der Waals surface area contributed by atoms with Gasteiger partial charge in [0.25, 0.3) is 0 Å². The predicted molar refractivity (Wildman–Crippen MR) is 99.2 cm³/mol. The summed E-state index contributed by atoms with van der Waals surface area (Å²) in [5.74, 6) is 1.49. The number of nitrogens with zero attached hydrogens (tertiary/aromatic N) is 2. The van der Waals surface area contributed by atoms with E-state index >= 15 is 0 Å². The van der Waals surface area contributed by atoms with E-state index in [2.05, 4.69) is 39.5 Å². The van der Waals surface area contributed by atoms with Crippen LogP contribution < -0.4 is 5.32 Å². The van der Waals surface area contributed by atoms with Crippen molar-refractivity contribution in [2.75, 3.05) is 20.6 Å². The zero-order chi connectivity index (χ0) is 17.8. The highest BCUT2D eigenvalue weighted by Gasteiger charge is 2.14. The van der Waals surface area contributed by atoms with Gasteiger partial charge in [0.2, 0.25) is 11.8 Å². The van der Waals surface area contributed by atoms with Gasteiger partial charge in [0.05, 0.1) is 5.69 Å². The van der Waals surface area contributed by atoms with Crippen LogP contribution in [0.1, 0.15) is 17.9 Å². The van der Waals surface area contributed by atoms with E-state index in [9.17, 15) is 4.79 Å².